The molecular weight excluding hydrogens is 247 g/mol. The van der Waals surface area contributed by atoms with E-state index in [-0.39, 0.29) is 5.78 Å². The van der Waals surface area contributed by atoms with Crippen LogP contribution >= 0.6 is 23.2 Å². The smallest absolute Gasteiger partial charge is 0.163 e. The second-order valence-corrected chi connectivity index (χ2v) is 4.29. The molecule has 0 aliphatic rings. The topological polar surface area (TPSA) is 26.3 Å². The summed E-state index contributed by atoms with van der Waals surface area (Å²) in [4.78, 5) is 11.5. The summed E-state index contributed by atoms with van der Waals surface area (Å²) in [6.07, 6.45) is 0.230. The van der Waals surface area contributed by atoms with E-state index in [0.717, 1.165) is 6.42 Å². The predicted octanol–water partition coefficient (Wildman–Crippen LogP) is 4.05. The summed E-state index contributed by atoms with van der Waals surface area (Å²) in [7, 11) is 0. The summed E-state index contributed by atoms with van der Waals surface area (Å²) < 4.78 is 5.48. The lowest BCUT2D eigenvalue weighted by Crippen LogP contribution is -2.14. The van der Waals surface area contributed by atoms with Crippen LogP contribution in [0.3, 0.4) is 0 Å². The van der Waals surface area contributed by atoms with Gasteiger partial charge in [0.25, 0.3) is 0 Å². The van der Waals surface area contributed by atoms with Gasteiger partial charge in [-0.2, -0.15) is 0 Å². The first-order valence-corrected chi connectivity index (χ1v) is 5.89. The first-order valence-electron chi connectivity index (χ1n) is 5.13. The Morgan fingerprint density at radius 3 is 2.69 bits per heavy atom. The third-order valence-electron chi connectivity index (χ3n) is 2.12. The van der Waals surface area contributed by atoms with Crippen LogP contribution in [0.25, 0.3) is 0 Å². The van der Waals surface area contributed by atoms with Crippen LogP contribution in [0.2, 0.25) is 10.0 Å². The second kappa shape index (κ2) is 6.24. The molecule has 1 aromatic carbocycles. The molecule has 1 aromatic rings. The van der Waals surface area contributed by atoms with E-state index >= 15 is 0 Å². The molecule has 0 heterocycles. The van der Waals surface area contributed by atoms with Gasteiger partial charge in [0.05, 0.1) is 10.0 Å². The Hall–Kier alpha value is -0.570. The number of halogens is 2. The number of carbonyl (C=O) groups excluding carboxylic acids is 1. The number of carbonyl (C=O) groups is 1. The van der Waals surface area contributed by atoms with Crippen LogP contribution in [0.1, 0.15) is 31.9 Å². The number of Topliss-reactive ketones (excluding diaryl/α,β-unsaturated/α-hetero) is 1. The zero-order valence-corrected chi connectivity index (χ0v) is 10.8. The van der Waals surface area contributed by atoms with Crippen molar-refractivity contribution in [3.8, 4) is 0 Å². The molecule has 0 N–H and O–H groups in total. The fourth-order valence-corrected chi connectivity index (χ4v) is 1.79. The third-order valence-corrected chi connectivity index (χ3v) is 2.96. The number of ether oxygens (including phenoxy) is 1. The van der Waals surface area contributed by atoms with Gasteiger partial charge in [-0.15, -0.1) is 0 Å². The second-order valence-electron chi connectivity index (χ2n) is 3.50. The van der Waals surface area contributed by atoms with Gasteiger partial charge < -0.3 is 4.74 Å². The molecule has 0 aromatic heterocycles. The highest BCUT2D eigenvalue weighted by Crippen LogP contribution is 2.32. The van der Waals surface area contributed by atoms with Gasteiger partial charge in [0.1, 0.15) is 6.10 Å². The van der Waals surface area contributed by atoms with Gasteiger partial charge in [-0.25, -0.2) is 0 Å². The van der Waals surface area contributed by atoms with Gasteiger partial charge in [-0.05, 0) is 19.4 Å². The van der Waals surface area contributed by atoms with E-state index in [1.807, 2.05) is 6.92 Å². The van der Waals surface area contributed by atoms with E-state index in [2.05, 4.69) is 0 Å². The molecule has 1 atom stereocenters. The third kappa shape index (κ3) is 3.21. The molecule has 0 amide bonds. The molecule has 0 saturated heterocycles. The largest absolute Gasteiger partial charge is 0.366 e. The van der Waals surface area contributed by atoms with Crippen LogP contribution in [-0.4, -0.2) is 12.4 Å². The Balaban J connectivity index is 3.01. The molecule has 1 rings (SSSR count). The molecule has 0 radical (unpaired) electrons. The van der Waals surface area contributed by atoms with E-state index in [1.54, 1.807) is 18.2 Å². The first-order chi connectivity index (χ1) is 7.57. The molecule has 0 fully saturated rings. The zero-order chi connectivity index (χ0) is 12.1. The number of hydrogen-bond donors (Lipinski definition) is 0. The van der Waals surface area contributed by atoms with Crippen molar-refractivity contribution in [2.24, 2.45) is 0 Å². The monoisotopic (exact) mass is 260 g/mol. The maximum Gasteiger partial charge on any atom is 0.163 e. The summed E-state index contributed by atoms with van der Waals surface area (Å²) in [5, 5.41) is 0.825. The average molecular weight is 261 g/mol. The van der Waals surface area contributed by atoms with Gasteiger partial charge in [0.15, 0.2) is 5.78 Å². The number of hydrogen-bond acceptors (Lipinski definition) is 2. The average Bonchev–Trinajstić information content (AvgIpc) is 2.24. The Kier molecular flexibility index (Phi) is 5.26. The molecule has 16 heavy (non-hydrogen) atoms. The molecule has 88 valence electrons. The molecule has 0 aliphatic heterocycles. The van der Waals surface area contributed by atoms with Gasteiger partial charge in [-0.1, -0.05) is 42.3 Å². The molecule has 4 heteroatoms. The van der Waals surface area contributed by atoms with Crippen molar-refractivity contribution in [2.45, 2.75) is 26.4 Å². The van der Waals surface area contributed by atoms with Crippen molar-refractivity contribution in [1.29, 1.82) is 0 Å². The van der Waals surface area contributed by atoms with Gasteiger partial charge in [0.2, 0.25) is 0 Å². The highest BCUT2D eigenvalue weighted by molar-refractivity contribution is 6.42. The van der Waals surface area contributed by atoms with Crippen molar-refractivity contribution >= 4 is 29.0 Å². The van der Waals surface area contributed by atoms with Gasteiger partial charge in [0, 0.05) is 12.2 Å². The van der Waals surface area contributed by atoms with E-state index in [0.29, 0.717) is 22.2 Å². The number of benzene rings is 1. The molecule has 2 nitrogen and oxygen atoms in total. The number of ketones is 1. The SMILES string of the molecule is CCCOC(C(C)=O)c1cccc(Cl)c1Cl. The Labute approximate surface area is 106 Å². The summed E-state index contributed by atoms with van der Waals surface area (Å²) >= 11 is 11.9. The van der Waals surface area contributed by atoms with E-state index in [9.17, 15) is 4.79 Å². The minimum absolute atomic E-state index is 0.0717. The highest BCUT2D eigenvalue weighted by Gasteiger charge is 2.20. The standard InChI is InChI=1S/C12H14Cl2O2/c1-3-7-16-12(8(2)15)9-5-4-6-10(13)11(9)14/h4-6,12H,3,7H2,1-2H3. The minimum Gasteiger partial charge on any atom is -0.366 e. The molecule has 0 bridgehead atoms. The van der Waals surface area contributed by atoms with Crippen LogP contribution in [0.4, 0.5) is 0 Å². The van der Waals surface area contributed by atoms with Crippen LogP contribution in [0.15, 0.2) is 18.2 Å². The van der Waals surface area contributed by atoms with Crippen molar-refractivity contribution in [1.82, 2.24) is 0 Å². The van der Waals surface area contributed by atoms with Crippen LogP contribution in [0, 0.1) is 0 Å². The van der Waals surface area contributed by atoms with Gasteiger partial charge >= 0.3 is 0 Å². The zero-order valence-electron chi connectivity index (χ0n) is 9.30. The Morgan fingerprint density at radius 1 is 1.44 bits per heavy atom. The fraction of sp³-hybridized carbons (Fsp3) is 0.417. The van der Waals surface area contributed by atoms with Crippen LogP contribution in [-0.2, 0) is 9.53 Å². The normalized spacial score (nSPS) is 12.5. The molecule has 0 spiro atoms. The minimum atomic E-state index is -0.619. The lowest BCUT2D eigenvalue weighted by atomic mass is 10.1. The van der Waals surface area contributed by atoms with E-state index in [1.165, 1.54) is 6.92 Å². The maximum atomic E-state index is 11.5. The Bertz CT molecular complexity index is 377. The van der Waals surface area contributed by atoms with E-state index < -0.39 is 6.10 Å². The predicted molar refractivity (Wildman–Crippen MR) is 66.1 cm³/mol. The molecule has 1 unspecified atom stereocenters. The van der Waals surface area contributed by atoms with E-state index in [4.69, 9.17) is 27.9 Å². The summed E-state index contributed by atoms with van der Waals surface area (Å²) in [6, 6.07) is 5.20. The Morgan fingerprint density at radius 2 is 2.12 bits per heavy atom. The van der Waals surface area contributed by atoms with Crippen LogP contribution < -0.4 is 0 Å². The highest BCUT2D eigenvalue weighted by atomic mass is 35.5. The summed E-state index contributed by atoms with van der Waals surface area (Å²) in [6.45, 7) is 3.99. The van der Waals surface area contributed by atoms with Gasteiger partial charge in [-0.3, -0.25) is 4.79 Å². The quantitative estimate of drug-likeness (QED) is 0.799. The molecule has 0 aliphatic carbocycles. The number of rotatable bonds is 5. The van der Waals surface area contributed by atoms with Crippen molar-refractivity contribution in [2.75, 3.05) is 6.61 Å². The van der Waals surface area contributed by atoms with Crippen molar-refractivity contribution < 1.29 is 9.53 Å². The summed E-state index contributed by atoms with van der Waals surface area (Å²) in [5.41, 5.74) is 0.634. The first kappa shape index (κ1) is 13.5. The lowest BCUT2D eigenvalue weighted by molar-refractivity contribution is -0.128. The van der Waals surface area contributed by atoms with Crippen molar-refractivity contribution in [3.05, 3.63) is 33.8 Å². The molecule has 0 saturated carbocycles. The fourth-order valence-electron chi connectivity index (χ4n) is 1.38. The van der Waals surface area contributed by atoms with Crippen LogP contribution in [0.5, 0.6) is 0 Å². The molecular formula is C12H14Cl2O2. The summed E-state index contributed by atoms with van der Waals surface area (Å²) in [5.74, 6) is -0.0717. The van der Waals surface area contributed by atoms with Crippen molar-refractivity contribution in [3.63, 3.8) is 0 Å². The maximum absolute atomic E-state index is 11.5. The lowest BCUT2D eigenvalue weighted by Gasteiger charge is -2.16.